The lowest BCUT2D eigenvalue weighted by atomic mass is 10.1. The van der Waals surface area contributed by atoms with Gasteiger partial charge < -0.3 is 10.8 Å². The second-order valence-electron chi connectivity index (χ2n) is 2.85. The van der Waals surface area contributed by atoms with E-state index in [4.69, 9.17) is 34.0 Å². The molecule has 13 heavy (non-hydrogen) atoms. The Hall–Kier alpha value is -0.280. The summed E-state index contributed by atoms with van der Waals surface area (Å²) in [5.74, 6) is 0. The average Bonchev–Trinajstić information content (AvgIpc) is 2.11. The van der Waals surface area contributed by atoms with Gasteiger partial charge in [0, 0.05) is 16.1 Å². The highest BCUT2D eigenvalue weighted by atomic mass is 35.5. The molecule has 1 unspecified atom stereocenters. The molecule has 2 nitrogen and oxygen atoms in total. The molecule has 1 rings (SSSR count). The molecule has 0 saturated carbocycles. The molecule has 1 aromatic carbocycles. The number of benzene rings is 1. The normalized spacial score (nSPS) is 12.9. The molecule has 0 aliphatic carbocycles. The van der Waals surface area contributed by atoms with E-state index in [0.29, 0.717) is 16.5 Å². The summed E-state index contributed by atoms with van der Waals surface area (Å²) in [5.41, 5.74) is 6.37. The van der Waals surface area contributed by atoms with E-state index >= 15 is 0 Å². The molecule has 0 saturated heterocycles. The van der Waals surface area contributed by atoms with Crippen molar-refractivity contribution in [1.82, 2.24) is 0 Å². The SMILES string of the molecule is NC(CO)Cc1c(Cl)cccc1Cl. The van der Waals surface area contributed by atoms with Crippen molar-refractivity contribution < 1.29 is 5.11 Å². The van der Waals surface area contributed by atoms with Crippen LogP contribution in [-0.2, 0) is 6.42 Å². The highest BCUT2D eigenvalue weighted by Gasteiger charge is 2.09. The summed E-state index contributed by atoms with van der Waals surface area (Å²) in [6.45, 7) is -0.0679. The maximum atomic E-state index is 8.77. The van der Waals surface area contributed by atoms with Crippen LogP contribution in [0.2, 0.25) is 10.0 Å². The van der Waals surface area contributed by atoms with E-state index < -0.39 is 0 Å². The van der Waals surface area contributed by atoms with Crippen molar-refractivity contribution in [1.29, 1.82) is 0 Å². The lowest BCUT2D eigenvalue weighted by Gasteiger charge is -2.10. The third-order valence-corrected chi connectivity index (χ3v) is 2.47. The van der Waals surface area contributed by atoms with E-state index in [-0.39, 0.29) is 12.6 Å². The monoisotopic (exact) mass is 219 g/mol. The molecular formula is C9H11Cl2NO. The van der Waals surface area contributed by atoms with Crippen LogP contribution in [0.25, 0.3) is 0 Å². The fraction of sp³-hybridized carbons (Fsp3) is 0.333. The van der Waals surface area contributed by atoms with Crippen LogP contribution in [0.15, 0.2) is 18.2 Å². The van der Waals surface area contributed by atoms with E-state index in [1.807, 2.05) is 0 Å². The summed E-state index contributed by atoms with van der Waals surface area (Å²) in [4.78, 5) is 0. The van der Waals surface area contributed by atoms with Crippen LogP contribution in [0, 0.1) is 0 Å². The molecule has 1 atom stereocenters. The predicted octanol–water partition coefficient (Wildman–Crippen LogP) is 1.86. The number of aliphatic hydroxyl groups is 1. The molecule has 3 N–H and O–H groups in total. The van der Waals surface area contributed by atoms with Crippen LogP contribution in [0.5, 0.6) is 0 Å². The minimum atomic E-state index is -0.308. The number of rotatable bonds is 3. The largest absolute Gasteiger partial charge is 0.395 e. The second kappa shape index (κ2) is 4.82. The molecule has 0 fully saturated rings. The van der Waals surface area contributed by atoms with E-state index in [1.165, 1.54) is 0 Å². The molecule has 72 valence electrons. The Morgan fingerprint density at radius 1 is 1.31 bits per heavy atom. The number of nitrogens with two attached hydrogens (primary N) is 1. The van der Waals surface area contributed by atoms with Gasteiger partial charge in [-0.3, -0.25) is 0 Å². The van der Waals surface area contributed by atoms with Gasteiger partial charge in [-0.1, -0.05) is 29.3 Å². The Kier molecular flexibility index (Phi) is 4.00. The van der Waals surface area contributed by atoms with Gasteiger partial charge in [-0.2, -0.15) is 0 Å². The Bertz CT molecular complexity index is 271. The van der Waals surface area contributed by atoms with Gasteiger partial charge in [-0.15, -0.1) is 0 Å². The third-order valence-electron chi connectivity index (χ3n) is 1.76. The van der Waals surface area contributed by atoms with Crippen molar-refractivity contribution in [3.63, 3.8) is 0 Å². The summed E-state index contributed by atoms with van der Waals surface area (Å²) < 4.78 is 0. The Morgan fingerprint density at radius 2 is 1.85 bits per heavy atom. The topological polar surface area (TPSA) is 46.2 Å². The van der Waals surface area contributed by atoms with Crippen molar-refractivity contribution in [2.24, 2.45) is 5.73 Å². The van der Waals surface area contributed by atoms with E-state index in [0.717, 1.165) is 5.56 Å². The average molecular weight is 220 g/mol. The van der Waals surface area contributed by atoms with Gasteiger partial charge in [0.1, 0.15) is 0 Å². The summed E-state index contributed by atoms with van der Waals surface area (Å²) in [6, 6.07) is 4.98. The summed E-state index contributed by atoms with van der Waals surface area (Å²) in [6.07, 6.45) is 0.495. The zero-order valence-corrected chi connectivity index (χ0v) is 8.52. The molecular weight excluding hydrogens is 209 g/mol. The van der Waals surface area contributed by atoms with Gasteiger partial charge in [-0.25, -0.2) is 0 Å². The molecule has 1 aromatic rings. The second-order valence-corrected chi connectivity index (χ2v) is 3.66. The lowest BCUT2D eigenvalue weighted by Crippen LogP contribution is -2.27. The highest BCUT2D eigenvalue weighted by molar-refractivity contribution is 6.35. The molecule has 4 heteroatoms. The van der Waals surface area contributed by atoms with Gasteiger partial charge in [0.2, 0.25) is 0 Å². The van der Waals surface area contributed by atoms with Gasteiger partial charge in [0.05, 0.1) is 6.61 Å². The van der Waals surface area contributed by atoms with Crippen LogP contribution in [0.4, 0.5) is 0 Å². The minimum Gasteiger partial charge on any atom is -0.395 e. The molecule has 0 heterocycles. The molecule has 0 radical (unpaired) electrons. The standard InChI is InChI=1S/C9H11Cl2NO/c10-8-2-1-3-9(11)7(8)4-6(12)5-13/h1-3,6,13H,4-5,12H2. The predicted molar refractivity (Wildman–Crippen MR) is 55.2 cm³/mol. The lowest BCUT2D eigenvalue weighted by molar-refractivity contribution is 0.265. The third kappa shape index (κ3) is 2.85. The Labute approximate surface area is 87.3 Å². The van der Waals surface area contributed by atoms with E-state index in [2.05, 4.69) is 0 Å². The molecule has 0 aromatic heterocycles. The minimum absolute atomic E-state index is 0.0679. The first-order valence-corrected chi connectivity index (χ1v) is 4.70. The first kappa shape index (κ1) is 10.8. The number of hydrogen-bond donors (Lipinski definition) is 2. The molecule has 0 aliphatic heterocycles. The molecule has 0 amide bonds. The summed E-state index contributed by atoms with van der Waals surface area (Å²) in [5, 5.41) is 9.95. The first-order valence-electron chi connectivity index (χ1n) is 3.94. The molecule has 0 bridgehead atoms. The fourth-order valence-electron chi connectivity index (χ4n) is 1.05. The van der Waals surface area contributed by atoms with Crippen LogP contribution in [0.1, 0.15) is 5.56 Å². The van der Waals surface area contributed by atoms with Crippen LogP contribution >= 0.6 is 23.2 Å². The molecule has 0 aliphatic rings. The van der Waals surface area contributed by atoms with Crippen LogP contribution in [-0.4, -0.2) is 17.8 Å². The van der Waals surface area contributed by atoms with Crippen molar-refractivity contribution in [3.8, 4) is 0 Å². The van der Waals surface area contributed by atoms with Crippen LogP contribution in [0.3, 0.4) is 0 Å². The first-order chi connectivity index (χ1) is 6.15. The van der Waals surface area contributed by atoms with Crippen LogP contribution < -0.4 is 5.73 Å². The Balaban J connectivity index is 2.87. The quantitative estimate of drug-likeness (QED) is 0.816. The van der Waals surface area contributed by atoms with Gasteiger partial charge in [0.15, 0.2) is 0 Å². The molecule has 0 spiro atoms. The van der Waals surface area contributed by atoms with Crippen molar-refractivity contribution in [2.75, 3.05) is 6.61 Å². The van der Waals surface area contributed by atoms with Crippen molar-refractivity contribution in [2.45, 2.75) is 12.5 Å². The summed E-state index contributed by atoms with van der Waals surface area (Å²) in [7, 11) is 0. The smallest absolute Gasteiger partial charge is 0.0585 e. The zero-order chi connectivity index (χ0) is 9.84. The number of aliphatic hydroxyl groups excluding tert-OH is 1. The highest BCUT2D eigenvalue weighted by Crippen LogP contribution is 2.24. The fourth-order valence-corrected chi connectivity index (χ4v) is 1.61. The van der Waals surface area contributed by atoms with E-state index in [9.17, 15) is 0 Å². The maximum absolute atomic E-state index is 8.77. The van der Waals surface area contributed by atoms with Crippen molar-refractivity contribution >= 4 is 23.2 Å². The maximum Gasteiger partial charge on any atom is 0.0585 e. The number of halogens is 2. The van der Waals surface area contributed by atoms with Gasteiger partial charge >= 0.3 is 0 Å². The van der Waals surface area contributed by atoms with E-state index in [1.54, 1.807) is 18.2 Å². The zero-order valence-electron chi connectivity index (χ0n) is 7.00. The van der Waals surface area contributed by atoms with Gasteiger partial charge in [-0.05, 0) is 24.1 Å². The Morgan fingerprint density at radius 3 is 2.31 bits per heavy atom. The number of hydrogen-bond acceptors (Lipinski definition) is 2. The van der Waals surface area contributed by atoms with Gasteiger partial charge in [0.25, 0.3) is 0 Å². The summed E-state index contributed by atoms with van der Waals surface area (Å²) >= 11 is 11.8. The van der Waals surface area contributed by atoms with Crippen molar-refractivity contribution in [3.05, 3.63) is 33.8 Å².